The number of fused-ring (bicyclic) bond motifs is 2. The summed E-state index contributed by atoms with van der Waals surface area (Å²) < 4.78 is 0. The molecule has 3 aromatic rings. The lowest BCUT2D eigenvalue weighted by atomic mass is 9.83. The lowest BCUT2D eigenvalue weighted by Crippen LogP contribution is -2.22. The first kappa shape index (κ1) is 22.8. The average molecular weight is 434 g/mol. The molecule has 0 radical (unpaired) electrons. The van der Waals surface area contributed by atoms with Crippen LogP contribution in [-0.2, 0) is 19.3 Å². The van der Waals surface area contributed by atoms with Crippen LogP contribution >= 0.6 is 11.6 Å². The van der Waals surface area contributed by atoms with Gasteiger partial charge in [-0.1, -0.05) is 69.3 Å². The van der Waals surface area contributed by atoms with E-state index >= 15 is 0 Å². The molecule has 0 spiro atoms. The number of benzene rings is 3. The Labute approximate surface area is 189 Å². The number of hydrogen-bond acceptors (Lipinski definition) is 3. The first-order valence-electron chi connectivity index (χ1n) is 10.7. The van der Waals surface area contributed by atoms with E-state index in [0.717, 1.165) is 24.9 Å². The molecule has 31 heavy (non-hydrogen) atoms. The number of hydrogen-bond donors (Lipinski definition) is 1. The van der Waals surface area contributed by atoms with Crippen LogP contribution in [-0.4, -0.2) is 17.9 Å². The smallest absolute Gasteiger partial charge is 0.196 e. The molecule has 160 valence electrons. The fourth-order valence-corrected chi connectivity index (χ4v) is 4.15. The van der Waals surface area contributed by atoms with Gasteiger partial charge in [-0.15, -0.1) is 11.6 Å². The molecule has 0 amide bonds. The van der Waals surface area contributed by atoms with E-state index in [1.54, 1.807) is 30.3 Å². The van der Waals surface area contributed by atoms with Crippen LogP contribution < -0.4 is 5.32 Å². The van der Waals surface area contributed by atoms with Gasteiger partial charge in [-0.25, -0.2) is 0 Å². The van der Waals surface area contributed by atoms with Gasteiger partial charge in [-0.3, -0.25) is 9.59 Å². The van der Waals surface area contributed by atoms with Crippen molar-refractivity contribution in [1.29, 1.82) is 0 Å². The Morgan fingerprint density at radius 1 is 0.710 bits per heavy atom. The molecule has 0 saturated heterocycles. The van der Waals surface area contributed by atoms with Crippen molar-refractivity contribution in [3.8, 4) is 0 Å². The van der Waals surface area contributed by atoms with Crippen molar-refractivity contribution in [2.45, 2.75) is 40.0 Å². The monoisotopic (exact) mass is 433 g/mol. The van der Waals surface area contributed by atoms with E-state index in [0.29, 0.717) is 27.9 Å². The lowest BCUT2D eigenvalue weighted by Gasteiger charge is -2.23. The first-order chi connectivity index (χ1) is 15.1. The van der Waals surface area contributed by atoms with Gasteiger partial charge < -0.3 is 5.32 Å². The molecule has 0 heterocycles. The normalized spacial score (nSPS) is 11.9. The molecule has 0 fully saturated rings. The van der Waals surface area contributed by atoms with Crippen molar-refractivity contribution in [1.82, 2.24) is 0 Å². The van der Waals surface area contributed by atoms with Gasteiger partial charge in [0.15, 0.2) is 11.6 Å². The molecule has 3 nitrogen and oxygen atoms in total. The Kier molecular flexibility index (Phi) is 7.29. The Hall–Kier alpha value is -2.91. The van der Waals surface area contributed by atoms with Crippen LogP contribution in [0, 0.1) is 0 Å². The highest BCUT2D eigenvalue weighted by atomic mass is 35.5. The second kappa shape index (κ2) is 9.93. The van der Waals surface area contributed by atoms with E-state index in [1.165, 1.54) is 23.1 Å². The average Bonchev–Trinajstić information content (AvgIpc) is 2.83. The van der Waals surface area contributed by atoms with Gasteiger partial charge in [0.1, 0.15) is 0 Å². The maximum absolute atomic E-state index is 13.3. The predicted molar refractivity (Wildman–Crippen MR) is 129 cm³/mol. The van der Waals surface area contributed by atoms with Crippen molar-refractivity contribution in [2.75, 3.05) is 11.7 Å². The van der Waals surface area contributed by atoms with Crippen LogP contribution in [0.25, 0.3) is 0 Å². The number of nitrogens with one attached hydrogen (secondary N) is 1. The quantitative estimate of drug-likeness (QED) is 0.354. The van der Waals surface area contributed by atoms with E-state index in [2.05, 4.69) is 49.8 Å². The van der Waals surface area contributed by atoms with Gasteiger partial charge in [-0.05, 0) is 42.0 Å². The molecule has 0 unspecified atom stereocenters. The number of ketones is 2. The molecule has 4 heteroatoms. The van der Waals surface area contributed by atoms with Gasteiger partial charge in [0.25, 0.3) is 0 Å². The third kappa shape index (κ3) is 4.15. The molecule has 0 aliphatic heterocycles. The Balaban J connectivity index is 0.00000132. The summed E-state index contributed by atoms with van der Waals surface area (Å²) in [6, 6.07) is 17.0. The Morgan fingerprint density at radius 3 is 1.81 bits per heavy atom. The highest BCUT2D eigenvalue weighted by molar-refractivity contribution is 6.30. The molecule has 1 aliphatic rings. The van der Waals surface area contributed by atoms with Crippen LogP contribution in [0.4, 0.5) is 11.4 Å². The number of anilines is 2. The molecule has 0 saturated carbocycles. The third-order valence-corrected chi connectivity index (χ3v) is 5.74. The predicted octanol–water partition coefficient (Wildman–Crippen LogP) is 6.75. The molecule has 1 N–H and O–H groups in total. The van der Waals surface area contributed by atoms with Crippen molar-refractivity contribution in [3.63, 3.8) is 0 Å². The summed E-state index contributed by atoms with van der Waals surface area (Å²) >= 11 is 4.64. The molecule has 1 aliphatic carbocycles. The molecule has 0 atom stereocenters. The SMILES string of the molecule is CCc1cc(CC)c(Nc2cccc3c2C(=O)c2ccccc2C3=O)c(CC)c1.CCl. The van der Waals surface area contributed by atoms with E-state index in [9.17, 15) is 9.59 Å². The van der Waals surface area contributed by atoms with Crippen LogP contribution in [0.15, 0.2) is 54.6 Å². The van der Waals surface area contributed by atoms with E-state index in [1.807, 2.05) is 12.1 Å². The molecule has 0 aromatic heterocycles. The van der Waals surface area contributed by atoms with E-state index in [4.69, 9.17) is 0 Å². The Bertz CT molecular complexity index is 1110. The second-order valence-corrected chi connectivity index (χ2v) is 7.41. The zero-order valence-corrected chi connectivity index (χ0v) is 19.3. The zero-order chi connectivity index (χ0) is 22.5. The van der Waals surface area contributed by atoms with E-state index < -0.39 is 0 Å². The molecular weight excluding hydrogens is 406 g/mol. The summed E-state index contributed by atoms with van der Waals surface area (Å²) in [6.45, 7) is 6.45. The van der Waals surface area contributed by atoms with Crippen molar-refractivity contribution in [2.24, 2.45) is 0 Å². The fourth-order valence-electron chi connectivity index (χ4n) is 4.15. The van der Waals surface area contributed by atoms with Gasteiger partial charge in [0.2, 0.25) is 0 Å². The van der Waals surface area contributed by atoms with Gasteiger partial charge in [0, 0.05) is 28.8 Å². The van der Waals surface area contributed by atoms with Gasteiger partial charge in [0.05, 0.1) is 11.3 Å². The molecule has 0 bridgehead atoms. The highest BCUT2D eigenvalue weighted by Gasteiger charge is 2.31. The summed E-state index contributed by atoms with van der Waals surface area (Å²) in [5.41, 5.74) is 7.44. The van der Waals surface area contributed by atoms with Crippen LogP contribution in [0.3, 0.4) is 0 Å². The summed E-state index contributed by atoms with van der Waals surface area (Å²) in [7, 11) is 0. The number of aryl methyl sites for hydroxylation is 3. The Morgan fingerprint density at radius 2 is 1.26 bits per heavy atom. The number of rotatable bonds is 5. The first-order valence-corrected chi connectivity index (χ1v) is 11.5. The maximum Gasteiger partial charge on any atom is 0.196 e. The summed E-state index contributed by atoms with van der Waals surface area (Å²) in [4.78, 5) is 26.3. The number of alkyl halides is 1. The van der Waals surface area contributed by atoms with Crippen molar-refractivity contribution >= 4 is 34.5 Å². The minimum Gasteiger partial charge on any atom is -0.354 e. The van der Waals surface area contributed by atoms with Crippen LogP contribution in [0.1, 0.15) is 69.3 Å². The van der Waals surface area contributed by atoms with Crippen molar-refractivity contribution in [3.05, 3.63) is 93.5 Å². The standard InChI is InChI=1S/C26H25NO2.CH3Cl/c1-4-16-14-17(5-2)24(18(6-3)15-16)27-22-13-9-12-21-23(22)26(29)20-11-8-7-10-19(20)25(21)28;1-2/h7-15,27H,4-6H2,1-3H3;1H3. The molecule has 3 aromatic carbocycles. The zero-order valence-electron chi connectivity index (χ0n) is 18.5. The second-order valence-electron chi connectivity index (χ2n) is 7.41. The number of halogens is 1. The third-order valence-electron chi connectivity index (χ3n) is 5.74. The van der Waals surface area contributed by atoms with Crippen LogP contribution in [0.2, 0.25) is 0 Å². The highest BCUT2D eigenvalue weighted by Crippen LogP contribution is 2.35. The maximum atomic E-state index is 13.3. The summed E-state index contributed by atoms with van der Waals surface area (Å²) in [5.74, 6) is -0.189. The minimum absolute atomic E-state index is 0.0911. The molecular formula is C27H28ClNO2. The lowest BCUT2D eigenvalue weighted by molar-refractivity contribution is 0.0979. The van der Waals surface area contributed by atoms with Gasteiger partial charge in [-0.2, -0.15) is 0 Å². The fraction of sp³-hybridized carbons (Fsp3) is 0.259. The number of carbonyl (C=O) groups excluding carboxylic acids is 2. The topological polar surface area (TPSA) is 46.2 Å². The minimum atomic E-state index is -0.0976. The summed E-state index contributed by atoms with van der Waals surface area (Å²) in [5, 5.41) is 3.53. The summed E-state index contributed by atoms with van der Waals surface area (Å²) in [6.07, 6.45) is 4.26. The van der Waals surface area contributed by atoms with Crippen LogP contribution in [0.5, 0.6) is 0 Å². The van der Waals surface area contributed by atoms with Crippen molar-refractivity contribution < 1.29 is 9.59 Å². The van der Waals surface area contributed by atoms with E-state index in [-0.39, 0.29) is 11.6 Å². The number of carbonyl (C=O) groups is 2. The largest absolute Gasteiger partial charge is 0.354 e. The molecule has 4 rings (SSSR count). The van der Waals surface area contributed by atoms with Gasteiger partial charge >= 0.3 is 0 Å².